The topological polar surface area (TPSA) is 15.3 Å². The number of hydrogen-bond acceptors (Lipinski definition) is 2. The number of hydrogen-bond donors (Lipinski definition) is 1. The van der Waals surface area contributed by atoms with Gasteiger partial charge in [-0.1, -0.05) is 35.0 Å². The van der Waals surface area contributed by atoms with Gasteiger partial charge in [0.05, 0.1) is 6.04 Å². The lowest BCUT2D eigenvalue weighted by molar-refractivity contribution is 0.749. The van der Waals surface area contributed by atoms with Crippen LogP contribution in [-0.4, -0.2) is 14.1 Å². The van der Waals surface area contributed by atoms with Gasteiger partial charge >= 0.3 is 0 Å². The van der Waals surface area contributed by atoms with Crippen LogP contribution in [0.4, 0.5) is 11.4 Å². The second-order valence-corrected chi connectivity index (χ2v) is 6.02. The molecule has 2 aromatic carbocycles. The van der Waals surface area contributed by atoms with Crippen LogP contribution in [-0.2, 0) is 0 Å². The molecule has 1 N–H and O–H groups in total. The molecule has 0 aromatic heterocycles. The van der Waals surface area contributed by atoms with Gasteiger partial charge in [-0.25, -0.2) is 0 Å². The van der Waals surface area contributed by atoms with E-state index in [9.17, 15) is 0 Å². The Bertz CT molecular complexity index is 549. The number of nitrogens with zero attached hydrogens (tertiary/aromatic N) is 1. The highest BCUT2D eigenvalue weighted by molar-refractivity contribution is 9.10. The SMILES string of the molecule is CCC(Nc1ccc(N(C)C)cc1)c1cccc(Br)c1. The zero-order valence-electron chi connectivity index (χ0n) is 12.2. The molecule has 0 radical (unpaired) electrons. The summed E-state index contributed by atoms with van der Waals surface area (Å²) in [6.45, 7) is 2.20. The van der Waals surface area contributed by atoms with E-state index in [1.807, 2.05) is 0 Å². The van der Waals surface area contributed by atoms with Gasteiger partial charge in [-0.2, -0.15) is 0 Å². The van der Waals surface area contributed by atoms with Crippen LogP contribution >= 0.6 is 15.9 Å². The number of nitrogens with one attached hydrogen (secondary N) is 1. The molecule has 0 fully saturated rings. The summed E-state index contributed by atoms with van der Waals surface area (Å²) < 4.78 is 1.12. The molecule has 20 heavy (non-hydrogen) atoms. The normalized spacial score (nSPS) is 12.0. The molecular weight excluding hydrogens is 312 g/mol. The van der Waals surface area contributed by atoms with Gasteiger partial charge in [-0.15, -0.1) is 0 Å². The van der Waals surface area contributed by atoms with Gasteiger partial charge in [-0.3, -0.25) is 0 Å². The average Bonchev–Trinajstić information content (AvgIpc) is 2.45. The fraction of sp³-hybridized carbons (Fsp3) is 0.294. The zero-order valence-corrected chi connectivity index (χ0v) is 13.8. The molecule has 0 heterocycles. The Morgan fingerprint density at radius 1 is 1.10 bits per heavy atom. The summed E-state index contributed by atoms with van der Waals surface area (Å²) in [4.78, 5) is 2.11. The fourth-order valence-corrected chi connectivity index (χ4v) is 2.62. The largest absolute Gasteiger partial charge is 0.378 e. The molecule has 0 aliphatic heterocycles. The molecule has 0 bridgehead atoms. The van der Waals surface area contributed by atoms with Crippen molar-refractivity contribution in [2.24, 2.45) is 0 Å². The minimum absolute atomic E-state index is 0.331. The molecule has 0 amide bonds. The van der Waals surface area contributed by atoms with E-state index in [0.717, 1.165) is 16.6 Å². The van der Waals surface area contributed by atoms with Crippen LogP contribution in [0.3, 0.4) is 0 Å². The summed E-state index contributed by atoms with van der Waals surface area (Å²) >= 11 is 3.54. The van der Waals surface area contributed by atoms with E-state index < -0.39 is 0 Å². The lowest BCUT2D eigenvalue weighted by atomic mass is 10.0. The van der Waals surface area contributed by atoms with Crippen LogP contribution in [0, 0.1) is 0 Å². The third-order valence-electron chi connectivity index (χ3n) is 3.38. The Hall–Kier alpha value is -1.48. The first kappa shape index (κ1) is 14.9. The highest BCUT2D eigenvalue weighted by atomic mass is 79.9. The van der Waals surface area contributed by atoms with Crippen molar-refractivity contribution < 1.29 is 0 Å². The molecule has 0 spiro atoms. The number of anilines is 2. The van der Waals surface area contributed by atoms with Gasteiger partial charge in [0, 0.05) is 29.9 Å². The Kier molecular flexibility index (Phi) is 5.07. The predicted molar refractivity (Wildman–Crippen MR) is 91.6 cm³/mol. The molecule has 106 valence electrons. The molecule has 3 heteroatoms. The first-order valence-electron chi connectivity index (χ1n) is 6.89. The first-order valence-corrected chi connectivity index (χ1v) is 7.69. The zero-order chi connectivity index (χ0) is 14.5. The summed E-state index contributed by atoms with van der Waals surface area (Å²) in [5.41, 5.74) is 3.67. The van der Waals surface area contributed by atoms with E-state index in [1.165, 1.54) is 11.3 Å². The van der Waals surface area contributed by atoms with Crippen molar-refractivity contribution in [1.82, 2.24) is 0 Å². The van der Waals surface area contributed by atoms with Gasteiger partial charge < -0.3 is 10.2 Å². The standard InChI is InChI=1S/C17H21BrN2/c1-4-17(13-6-5-7-14(18)12-13)19-15-8-10-16(11-9-15)20(2)3/h5-12,17,19H,4H2,1-3H3. The minimum Gasteiger partial charge on any atom is -0.378 e. The fourth-order valence-electron chi connectivity index (χ4n) is 2.20. The summed E-state index contributed by atoms with van der Waals surface area (Å²) in [6.07, 6.45) is 1.05. The van der Waals surface area contributed by atoms with Crippen LogP contribution in [0.2, 0.25) is 0 Å². The number of rotatable bonds is 5. The summed E-state index contributed by atoms with van der Waals surface area (Å²) in [5, 5.41) is 3.60. The van der Waals surface area contributed by atoms with E-state index in [2.05, 4.69) is 95.7 Å². The molecule has 1 unspecified atom stereocenters. The molecule has 0 aliphatic carbocycles. The van der Waals surface area contributed by atoms with Gasteiger partial charge in [0.15, 0.2) is 0 Å². The van der Waals surface area contributed by atoms with Crippen LogP contribution < -0.4 is 10.2 Å². The van der Waals surface area contributed by atoms with Crippen LogP contribution in [0.25, 0.3) is 0 Å². The van der Waals surface area contributed by atoms with E-state index >= 15 is 0 Å². The molecule has 0 aliphatic rings. The third kappa shape index (κ3) is 3.76. The van der Waals surface area contributed by atoms with E-state index in [-0.39, 0.29) is 0 Å². The monoisotopic (exact) mass is 332 g/mol. The second-order valence-electron chi connectivity index (χ2n) is 5.10. The first-order chi connectivity index (χ1) is 9.60. The van der Waals surface area contributed by atoms with Gasteiger partial charge in [-0.05, 0) is 48.4 Å². The molecular formula is C17H21BrN2. The molecule has 2 aromatic rings. The van der Waals surface area contributed by atoms with Crippen molar-refractivity contribution in [2.45, 2.75) is 19.4 Å². The maximum atomic E-state index is 3.60. The van der Waals surface area contributed by atoms with E-state index in [0.29, 0.717) is 6.04 Å². The Morgan fingerprint density at radius 3 is 2.35 bits per heavy atom. The van der Waals surface area contributed by atoms with Gasteiger partial charge in [0.2, 0.25) is 0 Å². The highest BCUT2D eigenvalue weighted by Gasteiger charge is 2.09. The average molecular weight is 333 g/mol. The minimum atomic E-state index is 0.331. The summed E-state index contributed by atoms with van der Waals surface area (Å²) in [6, 6.07) is 17.4. The van der Waals surface area contributed by atoms with Crippen LogP contribution in [0.1, 0.15) is 24.9 Å². The van der Waals surface area contributed by atoms with Crippen molar-refractivity contribution in [1.29, 1.82) is 0 Å². The maximum absolute atomic E-state index is 3.60. The van der Waals surface area contributed by atoms with Crippen LogP contribution in [0.15, 0.2) is 53.0 Å². The Morgan fingerprint density at radius 2 is 1.80 bits per heavy atom. The van der Waals surface area contributed by atoms with Gasteiger partial charge in [0.1, 0.15) is 0 Å². The Balaban J connectivity index is 2.14. The molecule has 0 saturated heterocycles. The van der Waals surface area contributed by atoms with Gasteiger partial charge in [0.25, 0.3) is 0 Å². The third-order valence-corrected chi connectivity index (χ3v) is 3.88. The lowest BCUT2D eigenvalue weighted by Gasteiger charge is -2.20. The van der Waals surface area contributed by atoms with Crippen LogP contribution in [0.5, 0.6) is 0 Å². The Labute approximate surface area is 129 Å². The molecule has 0 saturated carbocycles. The van der Waals surface area contributed by atoms with Crippen molar-refractivity contribution in [3.05, 3.63) is 58.6 Å². The molecule has 2 nitrogen and oxygen atoms in total. The van der Waals surface area contributed by atoms with Crippen molar-refractivity contribution >= 4 is 27.3 Å². The smallest absolute Gasteiger partial charge is 0.0511 e. The predicted octanol–water partition coefficient (Wildman–Crippen LogP) is 5.08. The molecule has 2 rings (SSSR count). The number of halogens is 1. The summed E-state index contributed by atoms with van der Waals surface area (Å²) in [5.74, 6) is 0. The highest BCUT2D eigenvalue weighted by Crippen LogP contribution is 2.25. The maximum Gasteiger partial charge on any atom is 0.0511 e. The quantitative estimate of drug-likeness (QED) is 0.821. The van der Waals surface area contributed by atoms with Crippen molar-refractivity contribution in [2.75, 3.05) is 24.3 Å². The summed E-state index contributed by atoms with van der Waals surface area (Å²) in [7, 11) is 4.11. The van der Waals surface area contributed by atoms with Crippen molar-refractivity contribution in [3.63, 3.8) is 0 Å². The lowest BCUT2D eigenvalue weighted by Crippen LogP contribution is -2.11. The number of benzene rings is 2. The van der Waals surface area contributed by atoms with E-state index in [4.69, 9.17) is 0 Å². The van der Waals surface area contributed by atoms with E-state index in [1.54, 1.807) is 0 Å². The molecule has 1 atom stereocenters. The second kappa shape index (κ2) is 6.80. The van der Waals surface area contributed by atoms with Crippen molar-refractivity contribution in [3.8, 4) is 0 Å².